The molecule has 0 atom stereocenters. The van der Waals surface area contributed by atoms with Gasteiger partial charge < -0.3 is 23.7 Å². The van der Waals surface area contributed by atoms with Crippen molar-refractivity contribution in [2.24, 2.45) is 0 Å². The summed E-state index contributed by atoms with van der Waals surface area (Å²) >= 11 is 1.18. The van der Waals surface area contributed by atoms with Crippen molar-refractivity contribution < 1.29 is 33.4 Å². The molecule has 0 amide bonds. The van der Waals surface area contributed by atoms with Crippen molar-refractivity contribution in [2.45, 2.75) is 6.92 Å². The molecule has 3 rings (SSSR count). The van der Waals surface area contributed by atoms with Gasteiger partial charge in [-0.2, -0.15) is 0 Å². The average molecular weight is 474 g/mol. The molecule has 1 heterocycles. The maximum Gasteiger partial charge on any atom is 0.348 e. The lowest BCUT2D eigenvalue weighted by molar-refractivity contribution is -0.385. The molecule has 0 aliphatic carbocycles. The molecule has 10 heteroatoms. The smallest absolute Gasteiger partial charge is 0.348 e. The molecule has 0 aliphatic heterocycles. The monoisotopic (exact) mass is 473 g/mol. The standard InChI is InChI=1S/C23H23NO8S/c1-6-32-23(25)20-12-15(14-10-18(29-3)21(31-5)19(11-14)30-4)22(33-20)13-7-8-17(28-2)16(9-13)24(26)27/h7-12H,6H2,1-5H3. The number of ether oxygens (including phenoxy) is 5. The Hall–Kier alpha value is -3.79. The molecule has 0 aliphatic rings. The number of hydrogen-bond acceptors (Lipinski definition) is 9. The summed E-state index contributed by atoms with van der Waals surface area (Å²) in [5.41, 5.74) is 1.69. The lowest BCUT2D eigenvalue weighted by Gasteiger charge is -2.14. The first-order valence-corrected chi connectivity index (χ1v) is 10.6. The van der Waals surface area contributed by atoms with E-state index in [2.05, 4.69) is 0 Å². The summed E-state index contributed by atoms with van der Waals surface area (Å²) < 4.78 is 26.6. The number of rotatable bonds is 9. The number of hydrogen-bond donors (Lipinski definition) is 0. The van der Waals surface area contributed by atoms with Crippen LogP contribution in [0.25, 0.3) is 21.6 Å². The van der Waals surface area contributed by atoms with Crippen LogP contribution in [0.2, 0.25) is 0 Å². The highest BCUT2D eigenvalue weighted by Gasteiger charge is 2.24. The zero-order chi connectivity index (χ0) is 24.1. The molecule has 0 fully saturated rings. The Morgan fingerprint density at radius 3 is 2.06 bits per heavy atom. The molecule has 33 heavy (non-hydrogen) atoms. The lowest BCUT2D eigenvalue weighted by Crippen LogP contribution is -2.01. The van der Waals surface area contributed by atoms with Crippen LogP contribution >= 0.6 is 11.3 Å². The fraction of sp³-hybridized carbons (Fsp3) is 0.261. The molecule has 3 aromatic rings. The fourth-order valence-corrected chi connectivity index (χ4v) is 4.40. The van der Waals surface area contributed by atoms with Crippen LogP contribution in [-0.2, 0) is 4.74 Å². The molecular weight excluding hydrogens is 450 g/mol. The van der Waals surface area contributed by atoms with Crippen LogP contribution in [0.5, 0.6) is 23.0 Å². The number of nitrogens with zero attached hydrogens (tertiary/aromatic N) is 1. The highest BCUT2D eigenvalue weighted by molar-refractivity contribution is 7.18. The first-order chi connectivity index (χ1) is 15.9. The second-order valence-corrected chi connectivity index (χ2v) is 7.68. The van der Waals surface area contributed by atoms with Crippen LogP contribution in [0, 0.1) is 10.1 Å². The van der Waals surface area contributed by atoms with Crippen LogP contribution in [0.4, 0.5) is 5.69 Å². The van der Waals surface area contributed by atoms with Gasteiger partial charge in [-0.3, -0.25) is 10.1 Å². The minimum Gasteiger partial charge on any atom is -0.493 e. The third kappa shape index (κ3) is 4.70. The van der Waals surface area contributed by atoms with Crippen molar-refractivity contribution in [1.29, 1.82) is 0 Å². The second kappa shape index (κ2) is 10.2. The fourth-order valence-electron chi connectivity index (χ4n) is 3.33. The summed E-state index contributed by atoms with van der Waals surface area (Å²) in [7, 11) is 5.89. The molecule has 0 unspecified atom stereocenters. The van der Waals surface area contributed by atoms with Gasteiger partial charge in [0.2, 0.25) is 5.75 Å². The number of benzene rings is 2. The Morgan fingerprint density at radius 1 is 0.909 bits per heavy atom. The van der Waals surface area contributed by atoms with Crippen molar-refractivity contribution in [3.05, 3.63) is 51.4 Å². The van der Waals surface area contributed by atoms with Gasteiger partial charge in [-0.25, -0.2) is 4.79 Å². The zero-order valence-electron chi connectivity index (χ0n) is 18.8. The van der Waals surface area contributed by atoms with Gasteiger partial charge in [0.1, 0.15) is 4.88 Å². The molecule has 0 radical (unpaired) electrons. The average Bonchev–Trinajstić information content (AvgIpc) is 3.28. The summed E-state index contributed by atoms with van der Waals surface area (Å²) in [6.07, 6.45) is 0. The Bertz CT molecular complexity index is 1160. The maximum absolute atomic E-state index is 12.5. The molecule has 0 saturated carbocycles. The van der Waals surface area contributed by atoms with E-state index < -0.39 is 10.9 Å². The van der Waals surface area contributed by atoms with E-state index in [1.807, 2.05) is 0 Å². The van der Waals surface area contributed by atoms with E-state index in [4.69, 9.17) is 23.7 Å². The van der Waals surface area contributed by atoms with E-state index in [1.165, 1.54) is 51.9 Å². The molecule has 0 spiro atoms. The number of carbonyl (C=O) groups is 1. The predicted molar refractivity (Wildman–Crippen MR) is 124 cm³/mol. The molecule has 0 saturated heterocycles. The minimum absolute atomic E-state index is 0.139. The third-order valence-corrected chi connectivity index (χ3v) is 5.99. The van der Waals surface area contributed by atoms with Gasteiger partial charge in [0.05, 0.1) is 40.0 Å². The highest BCUT2D eigenvalue weighted by Crippen LogP contribution is 2.47. The number of methoxy groups -OCH3 is 4. The van der Waals surface area contributed by atoms with Gasteiger partial charge in [-0.15, -0.1) is 11.3 Å². The van der Waals surface area contributed by atoms with Crippen LogP contribution in [0.1, 0.15) is 16.6 Å². The quantitative estimate of drug-likeness (QED) is 0.237. The molecule has 1 aromatic heterocycles. The van der Waals surface area contributed by atoms with Gasteiger partial charge in [0.25, 0.3) is 0 Å². The summed E-state index contributed by atoms with van der Waals surface area (Å²) in [5.74, 6) is 0.946. The summed E-state index contributed by atoms with van der Waals surface area (Å²) in [6, 6.07) is 9.83. The topological polar surface area (TPSA) is 106 Å². The number of nitro benzene ring substituents is 1. The Balaban J connectivity index is 2.28. The van der Waals surface area contributed by atoms with Crippen molar-refractivity contribution in [3.8, 4) is 44.6 Å². The van der Waals surface area contributed by atoms with Gasteiger partial charge in [-0.05, 0) is 48.4 Å². The van der Waals surface area contributed by atoms with E-state index in [0.29, 0.717) is 43.7 Å². The van der Waals surface area contributed by atoms with E-state index in [1.54, 1.807) is 31.2 Å². The van der Waals surface area contributed by atoms with Crippen LogP contribution in [0.15, 0.2) is 36.4 Å². The normalized spacial score (nSPS) is 10.5. The van der Waals surface area contributed by atoms with Gasteiger partial charge in [-0.1, -0.05) is 0 Å². The first-order valence-electron chi connectivity index (χ1n) is 9.82. The van der Waals surface area contributed by atoms with Crippen LogP contribution in [-0.4, -0.2) is 45.9 Å². The van der Waals surface area contributed by atoms with Crippen molar-refractivity contribution in [1.82, 2.24) is 0 Å². The second-order valence-electron chi connectivity index (χ2n) is 6.63. The van der Waals surface area contributed by atoms with Gasteiger partial charge in [0, 0.05) is 16.5 Å². The largest absolute Gasteiger partial charge is 0.493 e. The number of esters is 1. The first kappa shape index (κ1) is 23.9. The van der Waals surface area contributed by atoms with E-state index in [-0.39, 0.29) is 18.0 Å². The van der Waals surface area contributed by atoms with Crippen molar-refractivity contribution >= 4 is 23.0 Å². The highest BCUT2D eigenvalue weighted by atomic mass is 32.1. The molecule has 0 bridgehead atoms. The van der Waals surface area contributed by atoms with E-state index >= 15 is 0 Å². The van der Waals surface area contributed by atoms with Crippen LogP contribution in [0.3, 0.4) is 0 Å². The summed E-state index contributed by atoms with van der Waals surface area (Å²) in [6.45, 7) is 1.94. The van der Waals surface area contributed by atoms with Gasteiger partial charge in [0.15, 0.2) is 17.2 Å². The van der Waals surface area contributed by atoms with Crippen molar-refractivity contribution in [2.75, 3.05) is 35.0 Å². The van der Waals surface area contributed by atoms with Gasteiger partial charge >= 0.3 is 11.7 Å². The van der Waals surface area contributed by atoms with E-state index in [9.17, 15) is 14.9 Å². The number of carbonyl (C=O) groups excluding carboxylic acids is 1. The molecular formula is C23H23NO8S. The maximum atomic E-state index is 12.5. The minimum atomic E-state index is -0.513. The number of nitro groups is 1. The summed E-state index contributed by atoms with van der Waals surface area (Å²) in [5, 5.41) is 11.6. The molecule has 174 valence electrons. The predicted octanol–water partition coefficient (Wildman–Crippen LogP) is 5.20. The van der Waals surface area contributed by atoms with E-state index in [0.717, 1.165) is 0 Å². The van der Waals surface area contributed by atoms with Crippen LogP contribution < -0.4 is 18.9 Å². The summed E-state index contributed by atoms with van der Waals surface area (Å²) in [4.78, 5) is 24.5. The Kier molecular flexibility index (Phi) is 7.39. The lowest BCUT2D eigenvalue weighted by atomic mass is 10.0. The Morgan fingerprint density at radius 2 is 1.55 bits per heavy atom. The molecule has 0 N–H and O–H groups in total. The Labute approximate surface area is 194 Å². The molecule has 2 aromatic carbocycles. The third-order valence-electron chi connectivity index (χ3n) is 4.82. The number of thiophene rings is 1. The molecule has 9 nitrogen and oxygen atoms in total. The van der Waals surface area contributed by atoms with Crippen molar-refractivity contribution in [3.63, 3.8) is 0 Å². The zero-order valence-corrected chi connectivity index (χ0v) is 19.6. The SMILES string of the molecule is CCOC(=O)c1cc(-c2cc(OC)c(OC)c(OC)c2)c(-c2ccc(OC)c([N+](=O)[O-])c2)s1.